The van der Waals surface area contributed by atoms with Gasteiger partial charge in [0, 0.05) is 28.9 Å². The van der Waals surface area contributed by atoms with Gasteiger partial charge in [-0.25, -0.2) is 4.68 Å². The highest BCUT2D eigenvalue weighted by atomic mass is 35.5. The predicted octanol–water partition coefficient (Wildman–Crippen LogP) is 3.15. The molecule has 0 saturated carbocycles. The second-order valence-electron chi connectivity index (χ2n) is 6.65. The Morgan fingerprint density at radius 2 is 2.16 bits per heavy atom. The number of benzene rings is 1. The highest BCUT2D eigenvalue weighted by Gasteiger charge is 2.28. The summed E-state index contributed by atoms with van der Waals surface area (Å²) < 4.78 is 1.81. The van der Waals surface area contributed by atoms with Crippen molar-refractivity contribution in [2.45, 2.75) is 38.1 Å². The van der Waals surface area contributed by atoms with E-state index in [0.29, 0.717) is 15.7 Å². The van der Waals surface area contributed by atoms with Gasteiger partial charge in [-0.15, -0.1) is 0 Å². The maximum absolute atomic E-state index is 12.8. The third-order valence-corrected chi connectivity index (χ3v) is 5.45. The van der Waals surface area contributed by atoms with Crippen LogP contribution in [0.3, 0.4) is 0 Å². The molecule has 5 nitrogen and oxygen atoms in total. The van der Waals surface area contributed by atoms with Gasteiger partial charge < -0.3 is 10.6 Å². The van der Waals surface area contributed by atoms with Crippen molar-refractivity contribution in [1.29, 1.82) is 0 Å². The SMILES string of the molecule is O=C(NC1CCCNC1)c1nn(-c2ccc(Cl)cc2Cl)c2c1CCC2. The van der Waals surface area contributed by atoms with Gasteiger partial charge in [0.05, 0.1) is 10.7 Å². The van der Waals surface area contributed by atoms with Crippen molar-refractivity contribution >= 4 is 29.1 Å². The minimum absolute atomic E-state index is 0.0873. The van der Waals surface area contributed by atoms with E-state index in [1.54, 1.807) is 12.1 Å². The average molecular weight is 379 g/mol. The molecule has 2 heterocycles. The van der Waals surface area contributed by atoms with Gasteiger partial charge >= 0.3 is 0 Å². The van der Waals surface area contributed by atoms with Crippen LogP contribution in [0.5, 0.6) is 0 Å². The van der Waals surface area contributed by atoms with Crippen LogP contribution in [0.1, 0.15) is 41.0 Å². The van der Waals surface area contributed by atoms with E-state index in [2.05, 4.69) is 15.7 Å². The smallest absolute Gasteiger partial charge is 0.272 e. The van der Waals surface area contributed by atoms with Crippen molar-refractivity contribution in [3.8, 4) is 5.69 Å². The molecule has 2 aromatic rings. The van der Waals surface area contributed by atoms with Crippen LogP contribution in [0, 0.1) is 0 Å². The quantitative estimate of drug-likeness (QED) is 0.862. The Labute approximate surface area is 156 Å². The summed E-state index contributed by atoms with van der Waals surface area (Å²) in [7, 11) is 0. The van der Waals surface area contributed by atoms with Gasteiger partial charge in [0.25, 0.3) is 5.91 Å². The van der Waals surface area contributed by atoms with E-state index in [9.17, 15) is 4.79 Å². The fraction of sp³-hybridized carbons (Fsp3) is 0.444. The van der Waals surface area contributed by atoms with E-state index in [0.717, 1.165) is 62.1 Å². The third-order valence-electron chi connectivity index (χ3n) is 4.92. The predicted molar refractivity (Wildman–Crippen MR) is 99.0 cm³/mol. The number of halogens is 2. The number of carbonyl (C=O) groups excluding carboxylic acids is 1. The summed E-state index contributed by atoms with van der Waals surface area (Å²) in [4.78, 5) is 12.8. The molecule has 1 aliphatic heterocycles. The third kappa shape index (κ3) is 3.28. The standard InChI is InChI=1S/C18H20Cl2N4O/c19-11-6-7-16(14(20)9-11)24-15-5-1-4-13(15)17(23-24)18(25)22-12-3-2-8-21-10-12/h6-7,9,12,21H,1-5,8,10H2,(H,22,25). The number of hydrogen-bond donors (Lipinski definition) is 2. The maximum atomic E-state index is 12.8. The van der Waals surface area contributed by atoms with Crippen LogP contribution in [0.4, 0.5) is 0 Å². The molecule has 1 saturated heterocycles. The molecule has 7 heteroatoms. The molecule has 0 radical (unpaired) electrons. The zero-order valence-electron chi connectivity index (χ0n) is 13.8. The summed E-state index contributed by atoms with van der Waals surface area (Å²) in [6.07, 6.45) is 4.90. The Balaban J connectivity index is 1.66. The number of amides is 1. The summed E-state index contributed by atoms with van der Waals surface area (Å²) in [5.74, 6) is -0.0873. The largest absolute Gasteiger partial charge is 0.347 e. The number of hydrogen-bond acceptors (Lipinski definition) is 3. The summed E-state index contributed by atoms with van der Waals surface area (Å²) in [6, 6.07) is 5.51. The maximum Gasteiger partial charge on any atom is 0.272 e. The number of piperidine rings is 1. The number of nitrogens with zero attached hydrogens (tertiary/aromatic N) is 2. The van der Waals surface area contributed by atoms with Gasteiger partial charge in [-0.3, -0.25) is 4.79 Å². The van der Waals surface area contributed by atoms with E-state index >= 15 is 0 Å². The lowest BCUT2D eigenvalue weighted by atomic mass is 10.1. The highest BCUT2D eigenvalue weighted by molar-refractivity contribution is 6.35. The minimum atomic E-state index is -0.0873. The van der Waals surface area contributed by atoms with Gasteiger partial charge in [-0.2, -0.15) is 5.10 Å². The van der Waals surface area contributed by atoms with Crippen molar-refractivity contribution in [2.24, 2.45) is 0 Å². The second kappa shape index (κ2) is 6.98. The molecular weight excluding hydrogens is 359 g/mol. The van der Waals surface area contributed by atoms with E-state index in [1.165, 1.54) is 0 Å². The van der Waals surface area contributed by atoms with E-state index < -0.39 is 0 Å². The molecule has 1 unspecified atom stereocenters. The van der Waals surface area contributed by atoms with Crippen LogP contribution in [0.2, 0.25) is 10.0 Å². The molecule has 2 aliphatic rings. The first kappa shape index (κ1) is 16.9. The van der Waals surface area contributed by atoms with Crippen LogP contribution in [0.15, 0.2) is 18.2 Å². The van der Waals surface area contributed by atoms with Crippen LogP contribution < -0.4 is 10.6 Å². The molecule has 1 amide bonds. The summed E-state index contributed by atoms with van der Waals surface area (Å²) in [5, 5.41) is 12.2. The van der Waals surface area contributed by atoms with Gasteiger partial charge in [0.15, 0.2) is 5.69 Å². The molecule has 1 aromatic heterocycles. The van der Waals surface area contributed by atoms with Crippen molar-refractivity contribution in [1.82, 2.24) is 20.4 Å². The summed E-state index contributed by atoms with van der Waals surface area (Å²) in [5.41, 5.74) is 3.43. The molecule has 4 rings (SSSR count). The molecule has 1 fully saturated rings. The van der Waals surface area contributed by atoms with Gasteiger partial charge in [0.2, 0.25) is 0 Å². The summed E-state index contributed by atoms with van der Waals surface area (Å²) in [6.45, 7) is 1.84. The van der Waals surface area contributed by atoms with Gasteiger partial charge in [-0.05, 0) is 56.8 Å². The lowest BCUT2D eigenvalue weighted by molar-refractivity contribution is 0.0924. The lowest BCUT2D eigenvalue weighted by Gasteiger charge is -2.23. The topological polar surface area (TPSA) is 59.0 Å². The normalized spacial score (nSPS) is 19.7. The molecule has 25 heavy (non-hydrogen) atoms. The Morgan fingerprint density at radius 3 is 2.92 bits per heavy atom. The van der Waals surface area contributed by atoms with Crippen molar-refractivity contribution in [3.63, 3.8) is 0 Å². The first-order valence-corrected chi connectivity index (χ1v) is 9.47. The fourth-order valence-electron chi connectivity index (χ4n) is 3.70. The van der Waals surface area contributed by atoms with E-state index in [1.807, 2.05) is 10.7 Å². The van der Waals surface area contributed by atoms with Crippen LogP contribution >= 0.6 is 23.2 Å². The molecule has 0 bridgehead atoms. The number of rotatable bonds is 3. The molecule has 0 spiro atoms. The van der Waals surface area contributed by atoms with Crippen molar-refractivity contribution in [3.05, 3.63) is 45.2 Å². The summed E-state index contributed by atoms with van der Waals surface area (Å²) >= 11 is 12.4. The van der Waals surface area contributed by atoms with Gasteiger partial charge in [-0.1, -0.05) is 23.2 Å². The minimum Gasteiger partial charge on any atom is -0.347 e. The first-order valence-electron chi connectivity index (χ1n) is 8.71. The Hall–Kier alpha value is -1.56. The lowest BCUT2D eigenvalue weighted by Crippen LogP contribution is -2.45. The Morgan fingerprint density at radius 1 is 1.28 bits per heavy atom. The molecule has 1 atom stereocenters. The number of aromatic nitrogens is 2. The molecule has 2 N–H and O–H groups in total. The zero-order chi connectivity index (χ0) is 17.4. The highest BCUT2D eigenvalue weighted by Crippen LogP contribution is 2.31. The fourth-order valence-corrected chi connectivity index (χ4v) is 4.19. The van der Waals surface area contributed by atoms with E-state index in [4.69, 9.17) is 23.2 Å². The number of carbonyl (C=O) groups is 1. The van der Waals surface area contributed by atoms with Crippen LogP contribution in [0.25, 0.3) is 5.69 Å². The Bertz CT molecular complexity index is 812. The zero-order valence-corrected chi connectivity index (χ0v) is 15.3. The number of nitrogens with one attached hydrogen (secondary N) is 2. The van der Waals surface area contributed by atoms with Crippen molar-refractivity contribution < 1.29 is 4.79 Å². The van der Waals surface area contributed by atoms with Crippen LogP contribution in [-0.4, -0.2) is 34.8 Å². The average Bonchev–Trinajstić information content (AvgIpc) is 3.18. The first-order chi connectivity index (χ1) is 12.1. The monoisotopic (exact) mass is 378 g/mol. The number of fused-ring (bicyclic) bond motifs is 1. The van der Waals surface area contributed by atoms with Crippen LogP contribution in [-0.2, 0) is 12.8 Å². The molecular formula is C18H20Cl2N4O. The van der Waals surface area contributed by atoms with Gasteiger partial charge in [0.1, 0.15) is 0 Å². The second-order valence-corrected chi connectivity index (χ2v) is 7.50. The molecule has 132 valence electrons. The molecule has 1 aliphatic carbocycles. The molecule has 1 aromatic carbocycles. The Kier molecular flexibility index (Phi) is 4.71. The van der Waals surface area contributed by atoms with Crippen molar-refractivity contribution in [2.75, 3.05) is 13.1 Å². The van der Waals surface area contributed by atoms with E-state index in [-0.39, 0.29) is 11.9 Å².